The second-order valence-corrected chi connectivity index (χ2v) is 2.78. The molecule has 0 fully saturated rings. The lowest BCUT2D eigenvalue weighted by molar-refractivity contribution is -0.140. The molecule has 0 aromatic rings. The summed E-state index contributed by atoms with van der Waals surface area (Å²) in [6, 6.07) is 0. The minimum Gasteiger partial charge on any atom is -0.469 e. The maximum atomic E-state index is 10.7. The van der Waals surface area contributed by atoms with Gasteiger partial charge >= 0.3 is 5.97 Å². The Hall–Kier alpha value is -1.41. The first-order valence-corrected chi connectivity index (χ1v) is 4.83. The van der Waals surface area contributed by atoms with Crippen molar-refractivity contribution >= 4 is 5.97 Å². The average Bonchev–Trinajstić information content (AvgIpc) is 2.21. The van der Waals surface area contributed by atoms with E-state index in [1.807, 2.05) is 0 Å². The minimum absolute atomic E-state index is 0.224. The van der Waals surface area contributed by atoms with Gasteiger partial charge in [0, 0.05) is 12.8 Å². The largest absolute Gasteiger partial charge is 0.469 e. The van der Waals surface area contributed by atoms with Gasteiger partial charge in [-0.25, -0.2) is 0 Å². The van der Waals surface area contributed by atoms with Gasteiger partial charge < -0.3 is 4.74 Å². The van der Waals surface area contributed by atoms with Crippen LogP contribution >= 0.6 is 0 Å². The van der Waals surface area contributed by atoms with Gasteiger partial charge in [0.05, 0.1) is 13.5 Å². The maximum absolute atomic E-state index is 10.7. The standard InChI is InChI=1S/C12H16O2/c1-3-4-5-6-7-8-9-10-11-12(13)14-2/h3-5,10-11H2,1-2H3. The number of rotatable bonds is 4. The lowest BCUT2D eigenvalue weighted by Gasteiger charge is -1.91. The number of methoxy groups -OCH3 is 1. The molecule has 0 saturated carbocycles. The number of hydrogen-bond acceptors (Lipinski definition) is 2. The molecule has 0 aromatic carbocycles. The number of hydrogen-bond donors (Lipinski definition) is 0. The normalized spacial score (nSPS) is 7.86. The van der Waals surface area contributed by atoms with Crippen LogP contribution in [0, 0.1) is 23.7 Å². The Labute approximate surface area is 86.0 Å². The van der Waals surface area contributed by atoms with Gasteiger partial charge in [0.2, 0.25) is 0 Å². The summed E-state index contributed by atoms with van der Waals surface area (Å²) in [4.78, 5) is 10.7. The van der Waals surface area contributed by atoms with Gasteiger partial charge in [-0.1, -0.05) is 25.2 Å². The summed E-state index contributed by atoms with van der Waals surface area (Å²) < 4.78 is 4.47. The van der Waals surface area contributed by atoms with E-state index in [1.165, 1.54) is 7.11 Å². The van der Waals surface area contributed by atoms with Crippen molar-refractivity contribution in [2.24, 2.45) is 0 Å². The van der Waals surface area contributed by atoms with E-state index in [1.54, 1.807) is 0 Å². The summed E-state index contributed by atoms with van der Waals surface area (Å²) in [5, 5.41) is 0. The van der Waals surface area contributed by atoms with Crippen LogP contribution < -0.4 is 0 Å². The van der Waals surface area contributed by atoms with Crippen LogP contribution in [0.1, 0.15) is 39.0 Å². The summed E-state index contributed by atoms with van der Waals surface area (Å²) in [5.41, 5.74) is 0. The third-order valence-electron chi connectivity index (χ3n) is 1.58. The van der Waals surface area contributed by atoms with E-state index in [0.29, 0.717) is 12.8 Å². The Kier molecular flexibility index (Phi) is 8.70. The molecule has 0 atom stereocenters. The van der Waals surface area contributed by atoms with Crippen LogP contribution in [-0.2, 0) is 9.53 Å². The average molecular weight is 192 g/mol. The van der Waals surface area contributed by atoms with Crippen LogP contribution in [-0.4, -0.2) is 13.1 Å². The van der Waals surface area contributed by atoms with Crippen molar-refractivity contribution < 1.29 is 9.53 Å². The van der Waals surface area contributed by atoms with Gasteiger partial charge in [0.25, 0.3) is 0 Å². The molecule has 0 radical (unpaired) electrons. The van der Waals surface area contributed by atoms with Crippen molar-refractivity contribution in [2.45, 2.75) is 39.0 Å². The van der Waals surface area contributed by atoms with Crippen LogP contribution in [0.15, 0.2) is 0 Å². The molecule has 14 heavy (non-hydrogen) atoms. The highest BCUT2D eigenvalue weighted by Gasteiger charge is 1.94. The Morgan fingerprint density at radius 1 is 1.21 bits per heavy atom. The quantitative estimate of drug-likeness (QED) is 0.387. The fourth-order valence-electron chi connectivity index (χ4n) is 0.745. The predicted octanol–water partition coefficient (Wildman–Crippen LogP) is 2.14. The molecule has 0 aromatic heterocycles. The molecule has 0 N–H and O–H groups in total. The van der Waals surface area contributed by atoms with Crippen LogP contribution in [0.25, 0.3) is 0 Å². The van der Waals surface area contributed by atoms with Gasteiger partial charge in [-0.05, 0) is 18.3 Å². The molecule has 0 aliphatic heterocycles. The van der Waals surface area contributed by atoms with Crippen molar-refractivity contribution in [3.05, 3.63) is 0 Å². The summed E-state index contributed by atoms with van der Waals surface area (Å²) in [5.74, 6) is 11.0. The molecule has 76 valence electrons. The van der Waals surface area contributed by atoms with Crippen molar-refractivity contribution in [1.82, 2.24) is 0 Å². The molecule has 0 saturated heterocycles. The van der Waals surface area contributed by atoms with Gasteiger partial charge in [-0.3, -0.25) is 4.79 Å². The van der Waals surface area contributed by atoms with Gasteiger partial charge in [-0.15, -0.1) is 0 Å². The summed E-state index contributed by atoms with van der Waals surface area (Å²) in [6.45, 7) is 2.13. The zero-order chi connectivity index (χ0) is 10.6. The summed E-state index contributed by atoms with van der Waals surface area (Å²) in [6.07, 6.45) is 4.05. The molecule has 2 nitrogen and oxygen atoms in total. The fraction of sp³-hybridized carbons (Fsp3) is 0.583. The number of unbranched alkanes of at least 4 members (excludes halogenated alkanes) is 2. The molecule has 2 heteroatoms. The molecule has 0 rings (SSSR count). The van der Waals surface area contributed by atoms with E-state index in [2.05, 4.69) is 35.3 Å². The molecule has 0 bridgehead atoms. The molecule has 0 aliphatic carbocycles. The Bertz CT molecular complexity index is 270. The molecule has 0 aliphatic rings. The highest BCUT2D eigenvalue weighted by atomic mass is 16.5. The van der Waals surface area contributed by atoms with Gasteiger partial charge in [0.1, 0.15) is 0 Å². The summed E-state index contributed by atoms with van der Waals surface area (Å²) in [7, 11) is 1.38. The van der Waals surface area contributed by atoms with Crippen molar-refractivity contribution in [3.63, 3.8) is 0 Å². The zero-order valence-corrected chi connectivity index (χ0v) is 8.85. The highest BCUT2D eigenvalue weighted by molar-refractivity contribution is 5.69. The van der Waals surface area contributed by atoms with Crippen LogP contribution in [0.5, 0.6) is 0 Å². The topological polar surface area (TPSA) is 26.3 Å². The van der Waals surface area contributed by atoms with Crippen molar-refractivity contribution in [3.8, 4) is 23.7 Å². The van der Waals surface area contributed by atoms with Crippen molar-refractivity contribution in [1.29, 1.82) is 0 Å². The van der Waals surface area contributed by atoms with E-state index in [9.17, 15) is 4.79 Å². The molecule has 0 spiro atoms. The van der Waals surface area contributed by atoms with Crippen LogP contribution in [0.4, 0.5) is 0 Å². The van der Waals surface area contributed by atoms with Crippen molar-refractivity contribution in [2.75, 3.05) is 7.11 Å². The second-order valence-electron chi connectivity index (χ2n) is 2.78. The van der Waals surface area contributed by atoms with E-state index < -0.39 is 0 Å². The van der Waals surface area contributed by atoms with Gasteiger partial charge in [0.15, 0.2) is 0 Å². The lowest BCUT2D eigenvalue weighted by Crippen LogP contribution is -1.97. The Morgan fingerprint density at radius 2 is 1.86 bits per heavy atom. The monoisotopic (exact) mass is 192 g/mol. The molecular weight excluding hydrogens is 176 g/mol. The maximum Gasteiger partial charge on any atom is 0.306 e. The minimum atomic E-state index is -0.224. The van der Waals surface area contributed by atoms with E-state index >= 15 is 0 Å². The number of carbonyl (C=O) groups excluding carboxylic acids is 1. The molecule has 0 amide bonds. The van der Waals surface area contributed by atoms with Gasteiger partial charge in [-0.2, -0.15) is 0 Å². The fourth-order valence-corrected chi connectivity index (χ4v) is 0.745. The zero-order valence-electron chi connectivity index (χ0n) is 8.85. The predicted molar refractivity (Wildman–Crippen MR) is 56.3 cm³/mol. The number of carbonyl (C=O) groups is 1. The lowest BCUT2D eigenvalue weighted by atomic mass is 10.2. The van der Waals surface area contributed by atoms with Crippen LogP contribution in [0.3, 0.4) is 0 Å². The number of esters is 1. The third-order valence-corrected chi connectivity index (χ3v) is 1.58. The summed E-state index contributed by atoms with van der Waals surface area (Å²) >= 11 is 0. The molecule has 0 heterocycles. The first kappa shape index (κ1) is 12.6. The SMILES string of the molecule is CCCCC#CC#CCCC(=O)OC. The molecule has 0 unspecified atom stereocenters. The molecular formula is C12H16O2. The number of ether oxygens (including phenoxy) is 1. The second kappa shape index (κ2) is 9.68. The smallest absolute Gasteiger partial charge is 0.306 e. The van der Waals surface area contributed by atoms with Crippen LogP contribution in [0.2, 0.25) is 0 Å². The first-order valence-electron chi connectivity index (χ1n) is 4.83. The van der Waals surface area contributed by atoms with E-state index in [0.717, 1.165) is 19.3 Å². The Balaban J connectivity index is 3.51. The highest BCUT2D eigenvalue weighted by Crippen LogP contribution is 1.90. The Morgan fingerprint density at radius 3 is 2.43 bits per heavy atom. The van der Waals surface area contributed by atoms with E-state index in [-0.39, 0.29) is 5.97 Å². The van der Waals surface area contributed by atoms with E-state index in [4.69, 9.17) is 0 Å². The third kappa shape index (κ3) is 8.68. The first-order chi connectivity index (χ1) is 6.81.